The highest BCUT2D eigenvalue weighted by molar-refractivity contribution is 7.99. The van der Waals surface area contributed by atoms with Gasteiger partial charge in [-0.3, -0.25) is 0 Å². The molecule has 1 aliphatic heterocycles. The first-order valence-electron chi connectivity index (χ1n) is 7.12. The largest absolute Gasteiger partial charge is 0.496 e. The van der Waals surface area contributed by atoms with Gasteiger partial charge in [0, 0.05) is 23.5 Å². The van der Waals surface area contributed by atoms with E-state index in [0.29, 0.717) is 0 Å². The van der Waals surface area contributed by atoms with Crippen LogP contribution in [0.5, 0.6) is 5.75 Å². The third-order valence-corrected chi connectivity index (χ3v) is 4.93. The summed E-state index contributed by atoms with van der Waals surface area (Å²) in [7, 11) is 1.71. The van der Waals surface area contributed by atoms with Gasteiger partial charge in [0.05, 0.1) is 7.11 Å². The Hall–Kier alpha value is -1.42. The van der Waals surface area contributed by atoms with Crippen LogP contribution in [0, 0.1) is 5.92 Å². The normalized spacial score (nSPS) is 16.2. The van der Waals surface area contributed by atoms with Crippen molar-refractivity contribution in [2.75, 3.05) is 30.5 Å². The highest BCUT2D eigenvalue weighted by atomic mass is 32.2. The topological polar surface area (TPSA) is 34.1 Å². The van der Waals surface area contributed by atoms with Gasteiger partial charge in [0.1, 0.15) is 11.6 Å². The lowest BCUT2D eigenvalue weighted by Gasteiger charge is -2.22. The molecule has 1 fully saturated rings. The maximum atomic E-state index is 5.42. The number of fused-ring (bicyclic) bond motifs is 1. The fraction of sp³-hybridized carbons (Fsp3) is 0.438. The number of aromatic nitrogens is 1. The second kappa shape index (κ2) is 6.35. The van der Waals surface area contributed by atoms with Crippen molar-refractivity contribution < 1.29 is 4.74 Å². The molecule has 1 saturated heterocycles. The van der Waals surface area contributed by atoms with Crippen LogP contribution in [0.25, 0.3) is 10.8 Å². The highest BCUT2D eigenvalue weighted by Gasteiger charge is 2.14. The van der Waals surface area contributed by atoms with Crippen LogP contribution < -0.4 is 10.1 Å². The van der Waals surface area contributed by atoms with Crippen LogP contribution in [0.3, 0.4) is 0 Å². The van der Waals surface area contributed by atoms with E-state index in [1.807, 2.05) is 24.4 Å². The van der Waals surface area contributed by atoms with E-state index in [-0.39, 0.29) is 0 Å². The Morgan fingerprint density at radius 2 is 2.10 bits per heavy atom. The molecule has 0 bridgehead atoms. The number of methoxy groups -OCH3 is 1. The Morgan fingerprint density at radius 1 is 1.25 bits per heavy atom. The van der Waals surface area contributed by atoms with Gasteiger partial charge in [-0.05, 0) is 42.4 Å². The number of hydrogen-bond donors (Lipinski definition) is 1. The molecule has 0 amide bonds. The first-order chi connectivity index (χ1) is 9.88. The first kappa shape index (κ1) is 13.6. The second-order valence-corrected chi connectivity index (χ2v) is 6.38. The van der Waals surface area contributed by atoms with Gasteiger partial charge in [0.25, 0.3) is 0 Å². The van der Waals surface area contributed by atoms with E-state index < -0.39 is 0 Å². The van der Waals surface area contributed by atoms with Gasteiger partial charge in [-0.2, -0.15) is 11.8 Å². The Bertz CT molecular complexity index is 582. The predicted molar refractivity (Wildman–Crippen MR) is 86.8 cm³/mol. The highest BCUT2D eigenvalue weighted by Crippen LogP contribution is 2.29. The molecule has 0 spiro atoms. The Balaban J connectivity index is 1.80. The summed E-state index contributed by atoms with van der Waals surface area (Å²) in [5, 5.41) is 5.79. The van der Waals surface area contributed by atoms with E-state index in [0.717, 1.165) is 34.8 Å². The van der Waals surface area contributed by atoms with Crippen molar-refractivity contribution in [1.29, 1.82) is 0 Å². The van der Waals surface area contributed by atoms with Gasteiger partial charge in [-0.25, -0.2) is 4.98 Å². The summed E-state index contributed by atoms with van der Waals surface area (Å²) in [6, 6.07) is 8.12. The zero-order valence-electron chi connectivity index (χ0n) is 11.8. The van der Waals surface area contributed by atoms with Crippen LogP contribution >= 0.6 is 11.8 Å². The first-order valence-corrected chi connectivity index (χ1v) is 8.27. The summed E-state index contributed by atoms with van der Waals surface area (Å²) in [4.78, 5) is 4.49. The lowest BCUT2D eigenvalue weighted by Crippen LogP contribution is -2.19. The van der Waals surface area contributed by atoms with Gasteiger partial charge in [0.15, 0.2) is 0 Å². The molecular formula is C16H20N2OS. The number of nitrogens with zero attached hydrogens (tertiary/aromatic N) is 1. The van der Waals surface area contributed by atoms with Crippen LogP contribution in [0.4, 0.5) is 5.82 Å². The average Bonchev–Trinajstić information content (AvgIpc) is 2.53. The summed E-state index contributed by atoms with van der Waals surface area (Å²) < 4.78 is 5.42. The molecule has 1 aliphatic rings. The monoisotopic (exact) mass is 288 g/mol. The fourth-order valence-corrected chi connectivity index (χ4v) is 3.89. The molecule has 1 N–H and O–H groups in total. The van der Waals surface area contributed by atoms with Crippen molar-refractivity contribution in [2.24, 2.45) is 5.92 Å². The molecule has 1 aromatic heterocycles. The minimum atomic E-state index is 0.777. The molecule has 3 rings (SSSR count). The van der Waals surface area contributed by atoms with Crippen LogP contribution in [0.1, 0.15) is 12.8 Å². The Kier molecular flexibility index (Phi) is 4.31. The maximum absolute atomic E-state index is 5.42. The molecule has 1 aromatic carbocycles. The lowest BCUT2D eigenvalue weighted by atomic mass is 10.0. The third-order valence-electron chi connectivity index (χ3n) is 3.89. The molecule has 0 aliphatic carbocycles. The maximum Gasteiger partial charge on any atom is 0.133 e. The molecular weight excluding hydrogens is 268 g/mol. The zero-order valence-corrected chi connectivity index (χ0v) is 12.6. The molecule has 20 heavy (non-hydrogen) atoms. The molecule has 106 valence electrons. The van der Waals surface area contributed by atoms with Crippen LogP contribution in [-0.4, -0.2) is 30.1 Å². The van der Waals surface area contributed by atoms with Crippen molar-refractivity contribution in [3.63, 3.8) is 0 Å². The molecule has 0 radical (unpaired) electrons. The van der Waals surface area contributed by atoms with Crippen molar-refractivity contribution in [2.45, 2.75) is 12.8 Å². The number of ether oxygens (including phenoxy) is 1. The minimum Gasteiger partial charge on any atom is -0.496 e. The summed E-state index contributed by atoms with van der Waals surface area (Å²) >= 11 is 2.07. The number of rotatable bonds is 4. The molecule has 2 heterocycles. The summed E-state index contributed by atoms with van der Waals surface area (Å²) in [6.07, 6.45) is 4.47. The van der Waals surface area contributed by atoms with E-state index in [9.17, 15) is 0 Å². The van der Waals surface area contributed by atoms with E-state index >= 15 is 0 Å². The van der Waals surface area contributed by atoms with Crippen molar-refractivity contribution in [3.05, 3.63) is 30.5 Å². The van der Waals surface area contributed by atoms with Gasteiger partial charge >= 0.3 is 0 Å². The van der Waals surface area contributed by atoms with E-state index in [1.54, 1.807) is 7.11 Å². The summed E-state index contributed by atoms with van der Waals surface area (Å²) in [5.41, 5.74) is 0. The smallest absolute Gasteiger partial charge is 0.133 e. The molecule has 0 unspecified atom stereocenters. The average molecular weight is 288 g/mol. The predicted octanol–water partition coefficient (Wildman–Crippen LogP) is 3.80. The van der Waals surface area contributed by atoms with Gasteiger partial charge in [-0.15, -0.1) is 0 Å². The third kappa shape index (κ3) is 2.85. The Labute approximate surface area is 124 Å². The summed E-state index contributed by atoms with van der Waals surface area (Å²) in [6.45, 7) is 1.02. The molecule has 4 heteroatoms. The Morgan fingerprint density at radius 3 is 2.90 bits per heavy atom. The van der Waals surface area contributed by atoms with E-state index in [4.69, 9.17) is 4.74 Å². The summed E-state index contributed by atoms with van der Waals surface area (Å²) in [5.74, 6) is 5.24. The number of anilines is 1. The molecule has 0 saturated carbocycles. The minimum absolute atomic E-state index is 0.777. The number of thioether (sulfide) groups is 1. The van der Waals surface area contributed by atoms with Crippen LogP contribution in [-0.2, 0) is 0 Å². The van der Waals surface area contributed by atoms with E-state index in [1.165, 1.54) is 24.3 Å². The molecule has 3 nitrogen and oxygen atoms in total. The number of hydrogen-bond acceptors (Lipinski definition) is 4. The van der Waals surface area contributed by atoms with E-state index in [2.05, 4.69) is 28.1 Å². The van der Waals surface area contributed by atoms with Crippen LogP contribution in [0.2, 0.25) is 0 Å². The lowest BCUT2D eigenvalue weighted by molar-refractivity contribution is 0.420. The second-order valence-electron chi connectivity index (χ2n) is 5.15. The molecule has 0 atom stereocenters. The van der Waals surface area contributed by atoms with Gasteiger partial charge in [0.2, 0.25) is 0 Å². The number of nitrogens with one attached hydrogen (secondary N) is 1. The molecule has 2 aromatic rings. The van der Waals surface area contributed by atoms with Crippen molar-refractivity contribution in [1.82, 2.24) is 4.98 Å². The van der Waals surface area contributed by atoms with Gasteiger partial charge in [-0.1, -0.05) is 12.1 Å². The zero-order chi connectivity index (χ0) is 13.8. The standard InChI is InChI=1S/C16H20N2OS/c1-19-15-4-2-3-14-13(15)5-8-17-16(14)18-11-12-6-9-20-10-7-12/h2-5,8,12H,6-7,9-11H2,1H3,(H,17,18). The van der Waals surface area contributed by atoms with Crippen molar-refractivity contribution >= 4 is 28.4 Å². The van der Waals surface area contributed by atoms with Crippen molar-refractivity contribution in [3.8, 4) is 5.75 Å². The quantitative estimate of drug-likeness (QED) is 0.928. The fourth-order valence-electron chi connectivity index (χ4n) is 2.69. The SMILES string of the molecule is COc1cccc2c(NCC3CCSCC3)nccc12. The number of benzene rings is 1. The van der Waals surface area contributed by atoms with Gasteiger partial charge < -0.3 is 10.1 Å². The van der Waals surface area contributed by atoms with Crippen LogP contribution in [0.15, 0.2) is 30.5 Å². The number of pyridine rings is 1.